The second kappa shape index (κ2) is 3.54. The van der Waals surface area contributed by atoms with E-state index in [1.807, 2.05) is 37.4 Å². The molecule has 1 aromatic carbocycles. The van der Waals surface area contributed by atoms with E-state index >= 15 is 0 Å². The number of amides is 1. The summed E-state index contributed by atoms with van der Waals surface area (Å²) in [5, 5.41) is 3.93. The summed E-state index contributed by atoms with van der Waals surface area (Å²) in [4.78, 5) is 14.2. The van der Waals surface area contributed by atoms with Crippen LogP contribution < -0.4 is 5.32 Å². The normalized spacial score (nSPS) is 10.4. The van der Waals surface area contributed by atoms with Crippen LogP contribution in [0.15, 0.2) is 30.5 Å². The number of aromatic amines is 1. The fourth-order valence-electron chi connectivity index (χ4n) is 1.38. The number of hydrogen-bond acceptors (Lipinski definition) is 1. The van der Waals surface area contributed by atoms with Crippen molar-refractivity contribution in [2.75, 3.05) is 5.32 Å². The molecule has 2 aromatic rings. The number of carbonyl (C=O) groups is 1. The third-order valence-electron chi connectivity index (χ3n) is 2.16. The first kappa shape index (κ1) is 8.81. The monoisotopic (exact) mass is 188 g/mol. The molecular weight excluding hydrogens is 176 g/mol. The van der Waals surface area contributed by atoms with Gasteiger partial charge in [0.15, 0.2) is 0 Å². The SMILES string of the molecule is CCC(=O)Nc1ccc2[nH]ccc2c1. The summed E-state index contributed by atoms with van der Waals surface area (Å²) in [5.74, 6) is 0.0416. The standard InChI is InChI=1S/C11H12N2O/c1-2-11(14)13-9-3-4-10-8(7-9)5-6-12-10/h3-7,12H,2H2,1H3,(H,13,14). The lowest BCUT2D eigenvalue weighted by atomic mass is 10.2. The molecule has 2 N–H and O–H groups in total. The average molecular weight is 188 g/mol. The summed E-state index contributed by atoms with van der Waals surface area (Å²) in [7, 11) is 0. The summed E-state index contributed by atoms with van der Waals surface area (Å²) < 4.78 is 0. The Hall–Kier alpha value is -1.77. The molecule has 3 heteroatoms. The first-order chi connectivity index (χ1) is 6.79. The van der Waals surface area contributed by atoms with Gasteiger partial charge in [0.1, 0.15) is 0 Å². The average Bonchev–Trinajstić information content (AvgIpc) is 2.64. The van der Waals surface area contributed by atoms with E-state index in [2.05, 4.69) is 10.3 Å². The van der Waals surface area contributed by atoms with Crippen LogP contribution in [0, 0.1) is 0 Å². The molecule has 0 saturated heterocycles. The van der Waals surface area contributed by atoms with Crippen molar-refractivity contribution in [3.05, 3.63) is 30.5 Å². The van der Waals surface area contributed by atoms with Crippen LogP contribution in [0.25, 0.3) is 10.9 Å². The maximum atomic E-state index is 11.1. The molecule has 0 radical (unpaired) electrons. The first-order valence-electron chi connectivity index (χ1n) is 4.66. The van der Waals surface area contributed by atoms with Gasteiger partial charge in [-0.15, -0.1) is 0 Å². The van der Waals surface area contributed by atoms with Gasteiger partial charge in [0.2, 0.25) is 5.91 Å². The summed E-state index contributed by atoms with van der Waals surface area (Å²) >= 11 is 0. The van der Waals surface area contributed by atoms with Crippen molar-refractivity contribution in [2.24, 2.45) is 0 Å². The minimum atomic E-state index is 0.0416. The molecule has 0 spiro atoms. The molecule has 0 aliphatic rings. The van der Waals surface area contributed by atoms with E-state index < -0.39 is 0 Å². The number of nitrogens with one attached hydrogen (secondary N) is 2. The smallest absolute Gasteiger partial charge is 0.224 e. The second-order valence-corrected chi connectivity index (χ2v) is 3.18. The zero-order valence-electron chi connectivity index (χ0n) is 8.00. The van der Waals surface area contributed by atoms with Crippen LogP contribution in [0.3, 0.4) is 0 Å². The molecule has 1 amide bonds. The zero-order chi connectivity index (χ0) is 9.97. The van der Waals surface area contributed by atoms with E-state index in [-0.39, 0.29) is 5.91 Å². The van der Waals surface area contributed by atoms with E-state index in [1.165, 1.54) is 0 Å². The Bertz CT molecular complexity index is 459. The van der Waals surface area contributed by atoms with Gasteiger partial charge in [-0.3, -0.25) is 4.79 Å². The van der Waals surface area contributed by atoms with Gasteiger partial charge in [-0.25, -0.2) is 0 Å². The Morgan fingerprint density at radius 3 is 3.07 bits per heavy atom. The fourth-order valence-corrected chi connectivity index (χ4v) is 1.38. The summed E-state index contributed by atoms with van der Waals surface area (Å²) in [5.41, 5.74) is 1.93. The van der Waals surface area contributed by atoms with Gasteiger partial charge in [0, 0.05) is 29.2 Å². The maximum absolute atomic E-state index is 11.1. The quantitative estimate of drug-likeness (QED) is 0.747. The number of benzene rings is 1. The molecule has 0 saturated carbocycles. The molecule has 0 aliphatic heterocycles. The summed E-state index contributed by atoms with van der Waals surface area (Å²) in [6.45, 7) is 1.84. The van der Waals surface area contributed by atoms with E-state index in [9.17, 15) is 4.79 Å². The highest BCUT2D eigenvalue weighted by atomic mass is 16.1. The number of fused-ring (bicyclic) bond motifs is 1. The van der Waals surface area contributed by atoms with Gasteiger partial charge >= 0.3 is 0 Å². The minimum Gasteiger partial charge on any atom is -0.361 e. The number of H-pyrrole nitrogens is 1. The predicted molar refractivity (Wildman–Crippen MR) is 57.2 cm³/mol. The molecule has 0 fully saturated rings. The molecule has 1 heterocycles. The van der Waals surface area contributed by atoms with Gasteiger partial charge in [-0.05, 0) is 24.3 Å². The first-order valence-corrected chi connectivity index (χ1v) is 4.66. The highest BCUT2D eigenvalue weighted by Gasteiger charge is 2.00. The van der Waals surface area contributed by atoms with Gasteiger partial charge in [-0.1, -0.05) is 6.92 Å². The van der Waals surface area contributed by atoms with Crippen molar-refractivity contribution >= 4 is 22.5 Å². The van der Waals surface area contributed by atoms with Gasteiger partial charge < -0.3 is 10.3 Å². The molecular formula is C11H12N2O. The molecule has 0 unspecified atom stereocenters. The topological polar surface area (TPSA) is 44.9 Å². The second-order valence-electron chi connectivity index (χ2n) is 3.18. The number of rotatable bonds is 2. The Morgan fingerprint density at radius 2 is 2.29 bits per heavy atom. The number of carbonyl (C=O) groups excluding carboxylic acids is 1. The molecule has 0 aliphatic carbocycles. The zero-order valence-corrected chi connectivity index (χ0v) is 8.00. The molecule has 1 aromatic heterocycles. The molecule has 3 nitrogen and oxygen atoms in total. The van der Waals surface area contributed by atoms with Crippen molar-refractivity contribution < 1.29 is 4.79 Å². The Labute approximate surface area is 82.1 Å². The Kier molecular flexibility index (Phi) is 2.23. The van der Waals surface area contributed by atoms with Crippen LogP contribution in [0.5, 0.6) is 0 Å². The minimum absolute atomic E-state index is 0.0416. The maximum Gasteiger partial charge on any atom is 0.224 e. The number of aromatic nitrogens is 1. The van der Waals surface area contributed by atoms with Crippen LogP contribution in [0.2, 0.25) is 0 Å². The van der Waals surface area contributed by atoms with Crippen LogP contribution in [0.1, 0.15) is 13.3 Å². The molecule has 2 rings (SSSR count). The van der Waals surface area contributed by atoms with Crippen molar-refractivity contribution in [3.8, 4) is 0 Å². The Morgan fingerprint density at radius 1 is 1.43 bits per heavy atom. The van der Waals surface area contributed by atoms with Crippen molar-refractivity contribution in [1.29, 1.82) is 0 Å². The van der Waals surface area contributed by atoms with Crippen LogP contribution in [-0.2, 0) is 4.79 Å². The molecule has 14 heavy (non-hydrogen) atoms. The predicted octanol–water partition coefficient (Wildman–Crippen LogP) is 2.52. The van der Waals surface area contributed by atoms with Gasteiger partial charge in [0.05, 0.1) is 0 Å². The largest absolute Gasteiger partial charge is 0.361 e. The highest BCUT2D eigenvalue weighted by Crippen LogP contribution is 2.17. The summed E-state index contributed by atoms with van der Waals surface area (Å²) in [6.07, 6.45) is 2.39. The molecule has 72 valence electrons. The molecule has 0 bridgehead atoms. The Balaban J connectivity index is 2.30. The van der Waals surface area contributed by atoms with E-state index in [0.29, 0.717) is 6.42 Å². The third-order valence-corrected chi connectivity index (χ3v) is 2.16. The number of hydrogen-bond donors (Lipinski definition) is 2. The van der Waals surface area contributed by atoms with Crippen LogP contribution in [0.4, 0.5) is 5.69 Å². The van der Waals surface area contributed by atoms with E-state index in [1.54, 1.807) is 0 Å². The highest BCUT2D eigenvalue weighted by molar-refractivity contribution is 5.93. The van der Waals surface area contributed by atoms with Gasteiger partial charge in [-0.2, -0.15) is 0 Å². The van der Waals surface area contributed by atoms with E-state index in [0.717, 1.165) is 16.6 Å². The van der Waals surface area contributed by atoms with Crippen molar-refractivity contribution in [2.45, 2.75) is 13.3 Å². The summed E-state index contributed by atoms with van der Waals surface area (Å²) in [6, 6.07) is 7.79. The van der Waals surface area contributed by atoms with Crippen molar-refractivity contribution in [3.63, 3.8) is 0 Å². The number of anilines is 1. The van der Waals surface area contributed by atoms with Crippen molar-refractivity contribution in [1.82, 2.24) is 4.98 Å². The van der Waals surface area contributed by atoms with Crippen LogP contribution in [-0.4, -0.2) is 10.9 Å². The lowest BCUT2D eigenvalue weighted by Crippen LogP contribution is -2.08. The molecule has 0 atom stereocenters. The van der Waals surface area contributed by atoms with Gasteiger partial charge in [0.25, 0.3) is 0 Å². The lowest BCUT2D eigenvalue weighted by molar-refractivity contribution is -0.115. The van der Waals surface area contributed by atoms with Crippen LogP contribution >= 0.6 is 0 Å². The lowest BCUT2D eigenvalue weighted by Gasteiger charge is -2.02. The van der Waals surface area contributed by atoms with E-state index in [4.69, 9.17) is 0 Å². The third kappa shape index (κ3) is 1.62. The fraction of sp³-hybridized carbons (Fsp3) is 0.182.